The summed E-state index contributed by atoms with van der Waals surface area (Å²) in [5.41, 5.74) is -1.14. The summed E-state index contributed by atoms with van der Waals surface area (Å²) in [4.78, 5) is 12.5. The van der Waals surface area contributed by atoms with Crippen LogP contribution in [0.4, 0.5) is 0 Å². The highest BCUT2D eigenvalue weighted by molar-refractivity contribution is 5.89. The number of ketones is 1. The van der Waals surface area contributed by atoms with Crippen LogP contribution in [-0.2, 0) is 14.3 Å². The molecule has 0 aromatic rings. The fraction of sp³-hybridized carbons (Fsp3) is 0.938. The van der Waals surface area contributed by atoms with Gasteiger partial charge in [-0.25, -0.2) is 0 Å². The molecule has 1 heterocycles. The first-order chi connectivity index (χ1) is 10.6. The Morgan fingerprint density at radius 1 is 1.17 bits per heavy atom. The van der Waals surface area contributed by atoms with Crippen molar-refractivity contribution in [2.24, 2.45) is 17.3 Å². The highest BCUT2D eigenvalue weighted by atomic mass is 16.7. The van der Waals surface area contributed by atoms with Crippen LogP contribution in [0.5, 0.6) is 0 Å². The molecule has 3 aliphatic carbocycles. The zero-order chi connectivity index (χ0) is 17.2. The number of aliphatic hydroxyl groups excluding tert-OH is 4. The molecule has 0 radical (unpaired) electrons. The van der Waals surface area contributed by atoms with Gasteiger partial charge in [0, 0.05) is 12.3 Å². The molecule has 3 unspecified atom stereocenters. The topological polar surface area (TPSA) is 116 Å². The lowest BCUT2D eigenvalue weighted by Crippen LogP contribution is -2.69. The number of carbonyl (C=O) groups is 1. The van der Waals surface area contributed by atoms with E-state index in [4.69, 9.17) is 9.47 Å². The van der Waals surface area contributed by atoms with Gasteiger partial charge in [-0.15, -0.1) is 0 Å². The Balaban J connectivity index is 1.81. The molecular weight excluding hydrogens is 304 g/mol. The lowest BCUT2D eigenvalue weighted by atomic mass is 9.44. The van der Waals surface area contributed by atoms with E-state index >= 15 is 0 Å². The SMILES string of the molecule is CC1(O[C@@H]2O[C@H](CO)[C@@H](O)[C@H](O)[C@H]2O)C(=O)CC2CC1C2(C)C. The zero-order valence-corrected chi connectivity index (χ0v) is 13.7. The van der Waals surface area contributed by atoms with Crippen molar-refractivity contribution in [3.05, 3.63) is 0 Å². The highest BCUT2D eigenvalue weighted by Crippen LogP contribution is 2.62. The maximum Gasteiger partial charge on any atom is 0.187 e. The van der Waals surface area contributed by atoms with Gasteiger partial charge in [-0.2, -0.15) is 0 Å². The molecule has 4 N–H and O–H groups in total. The average molecular weight is 330 g/mol. The van der Waals surface area contributed by atoms with Gasteiger partial charge in [0.2, 0.25) is 0 Å². The summed E-state index contributed by atoms with van der Waals surface area (Å²) in [7, 11) is 0. The number of ether oxygens (including phenoxy) is 2. The highest BCUT2D eigenvalue weighted by Gasteiger charge is 2.65. The van der Waals surface area contributed by atoms with Crippen molar-refractivity contribution in [1.82, 2.24) is 0 Å². The lowest BCUT2D eigenvalue weighted by Gasteiger charge is -2.63. The van der Waals surface area contributed by atoms with E-state index in [1.807, 2.05) is 0 Å². The van der Waals surface area contributed by atoms with E-state index in [1.165, 1.54) is 0 Å². The molecule has 0 aromatic heterocycles. The molecule has 7 nitrogen and oxygen atoms in total. The van der Waals surface area contributed by atoms with Crippen molar-refractivity contribution in [2.45, 2.75) is 69.9 Å². The summed E-state index contributed by atoms with van der Waals surface area (Å²) in [5.74, 6) is 0.329. The van der Waals surface area contributed by atoms with Crippen LogP contribution in [0.25, 0.3) is 0 Å². The predicted molar refractivity (Wildman–Crippen MR) is 78.3 cm³/mol. The van der Waals surface area contributed by atoms with E-state index in [0.29, 0.717) is 12.3 Å². The van der Waals surface area contributed by atoms with Crippen molar-refractivity contribution in [2.75, 3.05) is 6.61 Å². The molecule has 1 saturated heterocycles. The summed E-state index contributed by atoms with van der Waals surface area (Å²) in [5, 5.41) is 39.1. The molecule has 4 rings (SSSR count). The number of hydrogen-bond donors (Lipinski definition) is 4. The van der Waals surface area contributed by atoms with E-state index in [0.717, 1.165) is 6.42 Å². The zero-order valence-electron chi connectivity index (χ0n) is 13.7. The summed E-state index contributed by atoms with van der Waals surface area (Å²) in [6, 6.07) is 0. The van der Waals surface area contributed by atoms with Crippen LogP contribution in [0.2, 0.25) is 0 Å². The van der Waals surface area contributed by atoms with Gasteiger partial charge in [0.1, 0.15) is 30.0 Å². The van der Waals surface area contributed by atoms with Crippen LogP contribution in [0.15, 0.2) is 0 Å². The largest absolute Gasteiger partial charge is 0.394 e. The third kappa shape index (κ3) is 2.37. The summed E-state index contributed by atoms with van der Waals surface area (Å²) < 4.78 is 11.3. The van der Waals surface area contributed by atoms with E-state index in [1.54, 1.807) is 6.92 Å². The molecule has 1 aliphatic heterocycles. The average Bonchev–Trinajstić information content (AvgIpc) is 2.50. The molecule has 4 aliphatic rings. The molecule has 0 spiro atoms. The van der Waals surface area contributed by atoms with Gasteiger partial charge >= 0.3 is 0 Å². The van der Waals surface area contributed by atoms with Crippen LogP contribution in [0.1, 0.15) is 33.6 Å². The molecule has 3 saturated carbocycles. The number of rotatable bonds is 3. The van der Waals surface area contributed by atoms with Crippen LogP contribution < -0.4 is 0 Å². The number of hydrogen-bond acceptors (Lipinski definition) is 7. The van der Waals surface area contributed by atoms with Gasteiger partial charge < -0.3 is 29.9 Å². The van der Waals surface area contributed by atoms with Gasteiger partial charge in [0.25, 0.3) is 0 Å². The Morgan fingerprint density at radius 3 is 2.39 bits per heavy atom. The van der Waals surface area contributed by atoms with Gasteiger partial charge in [-0.05, 0) is 24.7 Å². The van der Waals surface area contributed by atoms with Crippen LogP contribution in [-0.4, -0.2) is 69.1 Å². The number of carbonyl (C=O) groups excluding carboxylic acids is 1. The van der Waals surface area contributed by atoms with E-state index < -0.39 is 42.9 Å². The van der Waals surface area contributed by atoms with Gasteiger partial charge in [-0.1, -0.05) is 13.8 Å². The normalized spacial score (nSPS) is 52.1. The van der Waals surface area contributed by atoms with Crippen molar-refractivity contribution in [3.8, 4) is 0 Å². The number of fused-ring (bicyclic) bond motifs is 2. The Labute approximate surface area is 135 Å². The van der Waals surface area contributed by atoms with E-state index in [2.05, 4.69) is 13.8 Å². The molecule has 7 heteroatoms. The van der Waals surface area contributed by atoms with Crippen molar-refractivity contribution >= 4 is 5.78 Å². The first kappa shape index (κ1) is 17.3. The van der Waals surface area contributed by atoms with E-state index in [-0.39, 0.29) is 17.1 Å². The molecule has 23 heavy (non-hydrogen) atoms. The predicted octanol–water partition coefficient (Wildman–Crippen LogP) is -0.803. The number of aliphatic hydroxyl groups is 4. The minimum Gasteiger partial charge on any atom is -0.394 e. The lowest BCUT2D eigenvalue weighted by molar-refractivity contribution is -0.339. The van der Waals surface area contributed by atoms with Crippen molar-refractivity contribution in [1.29, 1.82) is 0 Å². The van der Waals surface area contributed by atoms with Crippen molar-refractivity contribution < 1.29 is 34.7 Å². The Kier molecular flexibility index (Phi) is 4.11. The second kappa shape index (κ2) is 5.47. The fourth-order valence-corrected chi connectivity index (χ4v) is 4.47. The van der Waals surface area contributed by atoms with Crippen molar-refractivity contribution in [3.63, 3.8) is 0 Å². The maximum atomic E-state index is 12.5. The van der Waals surface area contributed by atoms with Crippen LogP contribution in [0, 0.1) is 17.3 Å². The summed E-state index contributed by atoms with van der Waals surface area (Å²) in [6.45, 7) is 5.39. The molecule has 132 valence electrons. The monoisotopic (exact) mass is 330 g/mol. The quantitative estimate of drug-likeness (QED) is 0.535. The van der Waals surface area contributed by atoms with Crippen LogP contribution in [0.3, 0.4) is 0 Å². The van der Waals surface area contributed by atoms with Gasteiger partial charge in [-0.3, -0.25) is 4.79 Å². The standard InChI is InChI=1S/C16H26O7/c1-15(2)7-4-9(15)16(3,10(18)5-7)23-14-13(21)12(20)11(19)8(6-17)22-14/h7-9,11-14,17,19-21H,4-6H2,1-3H3/t7?,8-,9?,11-,12+,13-,14+,16?/m1/s1. The second-order valence-corrected chi connectivity index (χ2v) is 7.86. The fourth-order valence-electron chi connectivity index (χ4n) is 4.47. The molecule has 8 atom stereocenters. The van der Waals surface area contributed by atoms with Gasteiger partial charge in [0.15, 0.2) is 12.1 Å². The Bertz CT molecular complexity index is 491. The molecule has 0 amide bonds. The Hall–Kier alpha value is -0.570. The summed E-state index contributed by atoms with van der Waals surface area (Å²) >= 11 is 0. The molecule has 4 fully saturated rings. The van der Waals surface area contributed by atoms with Crippen LogP contribution >= 0.6 is 0 Å². The second-order valence-electron chi connectivity index (χ2n) is 7.86. The molecular formula is C16H26O7. The maximum absolute atomic E-state index is 12.5. The molecule has 2 bridgehead atoms. The van der Waals surface area contributed by atoms with E-state index in [9.17, 15) is 25.2 Å². The Morgan fingerprint density at radius 2 is 1.83 bits per heavy atom. The minimum atomic E-state index is -1.50. The minimum absolute atomic E-state index is 0.00798. The first-order valence-electron chi connectivity index (χ1n) is 8.14. The third-order valence-electron chi connectivity index (χ3n) is 6.33. The first-order valence-corrected chi connectivity index (χ1v) is 8.14. The van der Waals surface area contributed by atoms with Gasteiger partial charge in [0.05, 0.1) is 6.61 Å². The molecule has 0 aromatic carbocycles. The smallest absolute Gasteiger partial charge is 0.187 e. The number of Topliss-reactive ketones (excluding diaryl/α,β-unsaturated/α-hetero) is 1. The summed E-state index contributed by atoms with van der Waals surface area (Å²) in [6.07, 6.45) is -5.43. The third-order valence-corrected chi connectivity index (χ3v) is 6.33.